The molecule has 0 heterocycles. The van der Waals surface area contributed by atoms with E-state index < -0.39 is 24.0 Å². The Morgan fingerprint density at radius 2 is 1.63 bits per heavy atom. The van der Waals surface area contributed by atoms with Gasteiger partial charge >= 0.3 is 12.1 Å². The first-order valence-electron chi connectivity index (χ1n) is 11.5. The number of hydrogen-bond acceptors (Lipinski definition) is 6. The largest absolute Gasteiger partial charge is 0.481 e. The van der Waals surface area contributed by atoms with Crippen molar-refractivity contribution in [2.75, 3.05) is 41.0 Å². The molecule has 3 rings (SSSR count). The van der Waals surface area contributed by atoms with Gasteiger partial charge in [-0.15, -0.1) is 0 Å². The summed E-state index contributed by atoms with van der Waals surface area (Å²) >= 11 is 0. The van der Waals surface area contributed by atoms with Gasteiger partial charge in [0.1, 0.15) is 12.6 Å². The van der Waals surface area contributed by atoms with E-state index in [4.69, 9.17) is 19.3 Å². The van der Waals surface area contributed by atoms with Crippen LogP contribution in [-0.2, 0) is 23.8 Å². The fraction of sp³-hybridized carbons (Fsp3) is 0.423. The molecule has 9 nitrogen and oxygen atoms in total. The second-order valence-corrected chi connectivity index (χ2v) is 8.49. The maximum atomic E-state index is 13.0. The monoisotopic (exact) mass is 484 g/mol. The molecule has 2 aromatic rings. The van der Waals surface area contributed by atoms with E-state index in [0.717, 1.165) is 22.3 Å². The number of carboxylic acids is 1. The lowest BCUT2D eigenvalue weighted by molar-refractivity contribution is -0.138. The molecule has 1 aliphatic rings. The Labute approximate surface area is 205 Å². The van der Waals surface area contributed by atoms with E-state index in [0.29, 0.717) is 0 Å². The molecule has 9 heteroatoms. The fourth-order valence-electron chi connectivity index (χ4n) is 4.35. The van der Waals surface area contributed by atoms with Gasteiger partial charge in [-0.05, 0) is 28.7 Å². The number of hydrogen-bond donors (Lipinski definition) is 2. The third-order valence-electron chi connectivity index (χ3n) is 6.12. The number of ether oxygens (including phenoxy) is 3. The molecule has 2 N–H and O–H groups in total. The first-order chi connectivity index (χ1) is 16.8. The number of methoxy groups -OCH3 is 2. The van der Waals surface area contributed by atoms with E-state index >= 15 is 0 Å². The molecule has 35 heavy (non-hydrogen) atoms. The molecule has 188 valence electrons. The quantitative estimate of drug-likeness (QED) is 0.476. The van der Waals surface area contributed by atoms with Crippen molar-refractivity contribution in [2.24, 2.45) is 0 Å². The second-order valence-electron chi connectivity index (χ2n) is 8.49. The summed E-state index contributed by atoms with van der Waals surface area (Å²) in [4.78, 5) is 38.2. The van der Waals surface area contributed by atoms with Crippen LogP contribution < -0.4 is 5.32 Å². The van der Waals surface area contributed by atoms with Gasteiger partial charge in [0.25, 0.3) is 0 Å². The number of carbonyl (C=O) groups is 3. The third kappa shape index (κ3) is 6.58. The zero-order valence-corrected chi connectivity index (χ0v) is 20.2. The normalized spacial score (nSPS) is 13.9. The van der Waals surface area contributed by atoms with E-state index in [1.54, 1.807) is 7.05 Å². The van der Waals surface area contributed by atoms with Crippen LogP contribution in [0, 0.1) is 0 Å². The van der Waals surface area contributed by atoms with Gasteiger partial charge in [0.2, 0.25) is 5.91 Å². The predicted octanol–water partition coefficient (Wildman–Crippen LogP) is 2.88. The topological polar surface area (TPSA) is 114 Å². The highest BCUT2D eigenvalue weighted by Gasteiger charge is 2.30. The highest BCUT2D eigenvalue weighted by molar-refractivity contribution is 5.86. The van der Waals surface area contributed by atoms with Crippen molar-refractivity contribution in [3.8, 4) is 11.1 Å². The van der Waals surface area contributed by atoms with Gasteiger partial charge in [-0.1, -0.05) is 48.5 Å². The highest BCUT2D eigenvalue weighted by atomic mass is 16.5. The molecular weight excluding hydrogens is 452 g/mol. The summed E-state index contributed by atoms with van der Waals surface area (Å²) in [7, 11) is 4.61. The molecule has 0 saturated carbocycles. The lowest BCUT2D eigenvalue weighted by atomic mass is 9.98. The number of amides is 2. The average molecular weight is 485 g/mol. The van der Waals surface area contributed by atoms with Gasteiger partial charge in [-0.3, -0.25) is 9.59 Å². The number of aliphatic carboxylic acids is 1. The van der Waals surface area contributed by atoms with E-state index in [1.165, 1.54) is 19.1 Å². The zero-order valence-electron chi connectivity index (χ0n) is 20.2. The van der Waals surface area contributed by atoms with Crippen molar-refractivity contribution in [2.45, 2.75) is 30.9 Å². The van der Waals surface area contributed by atoms with Gasteiger partial charge in [0.05, 0.1) is 12.7 Å². The number of nitrogens with one attached hydrogen (secondary N) is 1. The maximum absolute atomic E-state index is 13.0. The summed E-state index contributed by atoms with van der Waals surface area (Å²) in [5.74, 6) is -1.62. The van der Waals surface area contributed by atoms with Crippen LogP contribution in [0.2, 0.25) is 0 Å². The van der Waals surface area contributed by atoms with Crippen molar-refractivity contribution in [3.05, 3.63) is 59.7 Å². The number of carboxylic acid groups (broad SMARTS) is 1. The van der Waals surface area contributed by atoms with Crippen LogP contribution in [0.1, 0.15) is 29.9 Å². The molecule has 0 spiro atoms. The summed E-state index contributed by atoms with van der Waals surface area (Å²) in [6, 6.07) is 14.9. The highest BCUT2D eigenvalue weighted by Crippen LogP contribution is 2.44. The van der Waals surface area contributed by atoms with E-state index in [-0.39, 0.29) is 44.6 Å². The second kappa shape index (κ2) is 12.3. The fourth-order valence-corrected chi connectivity index (χ4v) is 4.35. The number of alkyl carbamates (subject to hydrolysis) is 1. The van der Waals surface area contributed by atoms with Crippen molar-refractivity contribution in [3.63, 3.8) is 0 Å². The van der Waals surface area contributed by atoms with Crippen LogP contribution in [0.5, 0.6) is 0 Å². The van der Waals surface area contributed by atoms with Crippen molar-refractivity contribution < 1.29 is 33.7 Å². The van der Waals surface area contributed by atoms with Crippen LogP contribution >= 0.6 is 0 Å². The molecule has 0 bridgehead atoms. The lowest BCUT2D eigenvalue weighted by Crippen LogP contribution is -2.50. The van der Waals surface area contributed by atoms with Crippen LogP contribution in [-0.4, -0.2) is 81.1 Å². The Morgan fingerprint density at radius 1 is 1.03 bits per heavy atom. The van der Waals surface area contributed by atoms with Gasteiger partial charge in [-0.25, -0.2) is 4.79 Å². The molecule has 0 radical (unpaired) electrons. The van der Waals surface area contributed by atoms with Gasteiger partial charge < -0.3 is 29.5 Å². The number of rotatable bonds is 12. The van der Waals surface area contributed by atoms with E-state index in [9.17, 15) is 14.4 Å². The van der Waals surface area contributed by atoms with Crippen molar-refractivity contribution in [1.29, 1.82) is 0 Å². The molecule has 2 aromatic carbocycles. The first-order valence-corrected chi connectivity index (χ1v) is 11.5. The minimum Gasteiger partial charge on any atom is -0.481 e. The number of carbonyl (C=O) groups excluding carboxylic acids is 2. The van der Waals surface area contributed by atoms with Crippen LogP contribution in [0.3, 0.4) is 0 Å². The van der Waals surface area contributed by atoms with Gasteiger partial charge in [0.15, 0.2) is 0 Å². The summed E-state index contributed by atoms with van der Waals surface area (Å²) in [6.45, 7) is 0.599. The molecule has 2 amide bonds. The molecule has 0 saturated heterocycles. The average Bonchev–Trinajstić information content (AvgIpc) is 3.18. The Balaban J connectivity index is 1.66. The van der Waals surface area contributed by atoms with Crippen LogP contribution in [0.4, 0.5) is 4.79 Å². The lowest BCUT2D eigenvalue weighted by Gasteiger charge is -2.27. The standard InChI is InChI=1S/C26H32N2O7/c1-28(14-17(34-3)15-33-2)25(31)23(12-13-24(29)30)27-26(32)35-16-22-20-10-6-4-8-18(20)19-9-5-7-11-21(19)22/h4-11,17,22-23H,12-16H2,1-3H3,(H,27,32)(H,29,30). The molecule has 0 aliphatic heterocycles. The maximum Gasteiger partial charge on any atom is 0.407 e. The van der Waals surface area contributed by atoms with Crippen molar-refractivity contribution >= 4 is 18.0 Å². The third-order valence-corrected chi connectivity index (χ3v) is 6.12. The van der Waals surface area contributed by atoms with Gasteiger partial charge in [-0.2, -0.15) is 0 Å². The first kappa shape index (κ1) is 26.2. The summed E-state index contributed by atoms with van der Waals surface area (Å²) in [6.07, 6.45) is -1.47. The molecule has 2 atom stereocenters. The molecular formula is C26H32N2O7. The van der Waals surface area contributed by atoms with Crippen LogP contribution in [0.25, 0.3) is 11.1 Å². The Bertz CT molecular complexity index is 996. The number of nitrogens with zero attached hydrogens (tertiary/aromatic N) is 1. The van der Waals surface area contributed by atoms with E-state index in [1.807, 2.05) is 48.5 Å². The Kier molecular flexibility index (Phi) is 9.22. The predicted molar refractivity (Wildman–Crippen MR) is 129 cm³/mol. The molecule has 0 fully saturated rings. The summed E-state index contributed by atoms with van der Waals surface area (Å²) in [5, 5.41) is 11.7. The number of likely N-dealkylation sites (N-methyl/N-ethyl adjacent to an activating group) is 1. The molecule has 0 aromatic heterocycles. The SMILES string of the molecule is COCC(CN(C)C(=O)C(CCC(=O)O)NC(=O)OCC1c2ccccc2-c2ccccc21)OC. The summed E-state index contributed by atoms with van der Waals surface area (Å²) in [5.41, 5.74) is 4.36. The van der Waals surface area contributed by atoms with Crippen LogP contribution in [0.15, 0.2) is 48.5 Å². The number of fused-ring (bicyclic) bond motifs is 3. The van der Waals surface area contributed by atoms with Gasteiger partial charge in [0, 0.05) is 40.2 Å². The minimum atomic E-state index is -1.06. The zero-order chi connectivity index (χ0) is 25.4. The number of benzene rings is 2. The summed E-state index contributed by atoms with van der Waals surface area (Å²) < 4.78 is 15.9. The Hall–Kier alpha value is -3.43. The molecule has 1 aliphatic carbocycles. The molecule has 2 unspecified atom stereocenters. The van der Waals surface area contributed by atoms with Crippen molar-refractivity contribution in [1.82, 2.24) is 10.2 Å². The smallest absolute Gasteiger partial charge is 0.407 e. The van der Waals surface area contributed by atoms with E-state index in [2.05, 4.69) is 5.32 Å². The Morgan fingerprint density at radius 3 is 2.17 bits per heavy atom. The minimum absolute atomic E-state index is 0.0649.